The standard InChI is InChI=1S/C23H34FN5O4/c1-15(2)21-26-23(33-27-21)29-10-8-28(9-11-29)17(4)7-12-32-18-5-6-19(20(24)13-18)22(31)25-16(3)14-30/h5-6,13,15-17,30H,7-12,14H2,1-4H3,(H,25,31)/t16-,17?/m1/s1. The van der Waals surface area contributed by atoms with Crippen molar-refractivity contribution in [3.63, 3.8) is 0 Å². The molecule has 1 aromatic heterocycles. The van der Waals surface area contributed by atoms with Crippen molar-refractivity contribution in [2.24, 2.45) is 0 Å². The Morgan fingerprint density at radius 1 is 1.24 bits per heavy atom. The van der Waals surface area contributed by atoms with E-state index in [4.69, 9.17) is 14.4 Å². The number of benzene rings is 1. The number of halogens is 1. The Morgan fingerprint density at radius 2 is 1.97 bits per heavy atom. The van der Waals surface area contributed by atoms with Crippen LogP contribution in [0, 0.1) is 5.82 Å². The van der Waals surface area contributed by atoms with Crippen molar-refractivity contribution in [1.82, 2.24) is 20.4 Å². The zero-order valence-corrected chi connectivity index (χ0v) is 19.8. The number of ether oxygens (including phenoxy) is 1. The van der Waals surface area contributed by atoms with E-state index in [2.05, 4.69) is 32.2 Å². The number of hydrogen-bond acceptors (Lipinski definition) is 8. The number of piperazine rings is 1. The van der Waals surface area contributed by atoms with Crippen molar-refractivity contribution in [2.75, 3.05) is 44.3 Å². The summed E-state index contributed by atoms with van der Waals surface area (Å²) >= 11 is 0. The molecule has 0 saturated carbocycles. The van der Waals surface area contributed by atoms with Crippen LogP contribution in [0.5, 0.6) is 5.75 Å². The van der Waals surface area contributed by atoms with E-state index in [1.165, 1.54) is 12.1 Å². The molecule has 1 fully saturated rings. The van der Waals surface area contributed by atoms with Crippen molar-refractivity contribution >= 4 is 11.9 Å². The third-order valence-electron chi connectivity index (χ3n) is 5.80. The number of rotatable bonds is 10. The highest BCUT2D eigenvalue weighted by Crippen LogP contribution is 2.20. The van der Waals surface area contributed by atoms with E-state index in [9.17, 15) is 9.18 Å². The first-order valence-corrected chi connectivity index (χ1v) is 11.4. The van der Waals surface area contributed by atoms with Crippen molar-refractivity contribution in [3.8, 4) is 5.75 Å². The fraction of sp³-hybridized carbons (Fsp3) is 0.609. The maximum absolute atomic E-state index is 14.3. The van der Waals surface area contributed by atoms with Crippen LogP contribution < -0.4 is 15.0 Å². The van der Waals surface area contributed by atoms with Crippen LogP contribution in [-0.4, -0.2) is 77.5 Å². The lowest BCUT2D eigenvalue weighted by atomic mass is 10.1. The van der Waals surface area contributed by atoms with Gasteiger partial charge in [0, 0.05) is 50.2 Å². The number of aliphatic hydroxyl groups is 1. The van der Waals surface area contributed by atoms with Gasteiger partial charge in [-0.25, -0.2) is 4.39 Å². The van der Waals surface area contributed by atoms with Gasteiger partial charge >= 0.3 is 6.01 Å². The molecule has 1 aliphatic rings. The molecular formula is C23H34FN5O4. The molecule has 1 unspecified atom stereocenters. The third kappa shape index (κ3) is 6.64. The highest BCUT2D eigenvalue weighted by atomic mass is 19.1. The number of amides is 1. The average Bonchev–Trinajstić information content (AvgIpc) is 3.30. The minimum atomic E-state index is -0.652. The molecule has 10 heteroatoms. The Labute approximate surface area is 193 Å². The molecule has 2 atom stereocenters. The van der Waals surface area contributed by atoms with Gasteiger partial charge < -0.3 is 24.6 Å². The number of nitrogens with one attached hydrogen (secondary N) is 1. The minimum Gasteiger partial charge on any atom is -0.493 e. The Bertz CT molecular complexity index is 914. The Hall–Kier alpha value is -2.72. The zero-order valence-electron chi connectivity index (χ0n) is 19.8. The number of aromatic nitrogens is 2. The van der Waals surface area contributed by atoms with E-state index >= 15 is 0 Å². The molecule has 182 valence electrons. The molecule has 3 rings (SSSR count). The number of carbonyl (C=O) groups is 1. The second-order valence-corrected chi connectivity index (χ2v) is 8.80. The topological polar surface area (TPSA) is 104 Å². The van der Waals surface area contributed by atoms with Crippen molar-refractivity contribution in [2.45, 2.75) is 52.1 Å². The Kier molecular flexibility index (Phi) is 8.62. The van der Waals surface area contributed by atoms with Crippen molar-refractivity contribution in [3.05, 3.63) is 35.4 Å². The maximum Gasteiger partial charge on any atom is 0.324 e. The van der Waals surface area contributed by atoms with Crippen LogP contribution in [0.25, 0.3) is 0 Å². The molecule has 0 radical (unpaired) electrons. The summed E-state index contributed by atoms with van der Waals surface area (Å²) in [6, 6.07) is 4.64. The summed E-state index contributed by atoms with van der Waals surface area (Å²) in [5, 5.41) is 15.6. The predicted molar refractivity (Wildman–Crippen MR) is 122 cm³/mol. The normalized spacial score (nSPS) is 16.6. The zero-order chi connectivity index (χ0) is 24.0. The molecule has 0 bridgehead atoms. The van der Waals surface area contributed by atoms with Gasteiger partial charge in [-0.1, -0.05) is 19.0 Å². The lowest BCUT2D eigenvalue weighted by Gasteiger charge is -2.37. The number of anilines is 1. The van der Waals surface area contributed by atoms with E-state index < -0.39 is 17.8 Å². The summed E-state index contributed by atoms with van der Waals surface area (Å²) in [4.78, 5) is 21.0. The number of carbonyl (C=O) groups excluding carboxylic acids is 1. The van der Waals surface area contributed by atoms with Crippen LogP contribution in [0.3, 0.4) is 0 Å². The first-order valence-electron chi connectivity index (χ1n) is 11.4. The number of aliphatic hydroxyl groups excluding tert-OH is 1. The highest BCUT2D eigenvalue weighted by Gasteiger charge is 2.24. The number of hydrogen-bond donors (Lipinski definition) is 2. The van der Waals surface area contributed by atoms with E-state index in [0.717, 1.165) is 38.4 Å². The molecule has 2 aromatic rings. The first-order chi connectivity index (χ1) is 15.8. The summed E-state index contributed by atoms with van der Waals surface area (Å²) in [6.45, 7) is 11.5. The van der Waals surface area contributed by atoms with Crippen LogP contribution >= 0.6 is 0 Å². The van der Waals surface area contributed by atoms with Crippen molar-refractivity contribution < 1.29 is 23.6 Å². The molecule has 1 aromatic carbocycles. The third-order valence-corrected chi connectivity index (χ3v) is 5.80. The molecule has 0 aliphatic carbocycles. The molecule has 1 saturated heterocycles. The van der Waals surface area contributed by atoms with Crippen LogP contribution in [0.4, 0.5) is 10.4 Å². The van der Waals surface area contributed by atoms with E-state index in [-0.39, 0.29) is 18.1 Å². The summed E-state index contributed by atoms with van der Waals surface area (Å²) in [7, 11) is 0. The van der Waals surface area contributed by atoms with Crippen LogP contribution in [0.15, 0.2) is 22.7 Å². The summed E-state index contributed by atoms with van der Waals surface area (Å²) in [6.07, 6.45) is 0.788. The van der Waals surface area contributed by atoms with E-state index in [1.807, 2.05) is 13.8 Å². The highest BCUT2D eigenvalue weighted by molar-refractivity contribution is 5.94. The summed E-state index contributed by atoms with van der Waals surface area (Å²) < 4.78 is 25.4. The van der Waals surface area contributed by atoms with Crippen LogP contribution in [0.1, 0.15) is 56.2 Å². The predicted octanol–water partition coefficient (Wildman–Crippen LogP) is 2.42. The van der Waals surface area contributed by atoms with E-state index in [0.29, 0.717) is 24.4 Å². The quantitative estimate of drug-likeness (QED) is 0.554. The fourth-order valence-corrected chi connectivity index (χ4v) is 3.59. The van der Waals surface area contributed by atoms with E-state index in [1.54, 1.807) is 13.0 Å². The Morgan fingerprint density at radius 3 is 2.58 bits per heavy atom. The van der Waals surface area contributed by atoms with Gasteiger partial charge in [0.1, 0.15) is 11.6 Å². The van der Waals surface area contributed by atoms with Crippen LogP contribution in [-0.2, 0) is 0 Å². The van der Waals surface area contributed by atoms with Gasteiger partial charge in [-0.05, 0) is 32.4 Å². The van der Waals surface area contributed by atoms with Gasteiger partial charge in [0.15, 0.2) is 5.82 Å². The number of nitrogens with zero attached hydrogens (tertiary/aromatic N) is 4. The molecular weight excluding hydrogens is 429 g/mol. The van der Waals surface area contributed by atoms with Gasteiger partial charge in [0.2, 0.25) is 0 Å². The maximum atomic E-state index is 14.3. The first kappa shape index (κ1) is 24.9. The second-order valence-electron chi connectivity index (χ2n) is 8.80. The summed E-state index contributed by atoms with van der Waals surface area (Å²) in [5.74, 6) is 0.132. The molecule has 1 amide bonds. The van der Waals surface area contributed by atoms with Gasteiger partial charge in [-0.15, -0.1) is 0 Å². The largest absolute Gasteiger partial charge is 0.493 e. The summed E-state index contributed by atoms with van der Waals surface area (Å²) in [5.41, 5.74) is -0.0735. The van der Waals surface area contributed by atoms with Crippen LogP contribution in [0.2, 0.25) is 0 Å². The lowest BCUT2D eigenvalue weighted by molar-refractivity contribution is 0.0918. The molecule has 1 aliphatic heterocycles. The average molecular weight is 464 g/mol. The molecule has 2 N–H and O–H groups in total. The van der Waals surface area contributed by atoms with Gasteiger partial charge in [0.05, 0.1) is 18.8 Å². The molecule has 0 spiro atoms. The van der Waals surface area contributed by atoms with Crippen molar-refractivity contribution in [1.29, 1.82) is 0 Å². The van der Waals surface area contributed by atoms with Gasteiger partial charge in [-0.3, -0.25) is 9.69 Å². The molecule has 2 heterocycles. The SMILES string of the molecule is CC(C)c1noc(N2CCN(C(C)CCOc3ccc(C(=O)N[C@H](C)CO)c(F)c3)CC2)n1. The monoisotopic (exact) mass is 463 g/mol. The smallest absolute Gasteiger partial charge is 0.324 e. The molecule has 9 nitrogen and oxygen atoms in total. The minimum absolute atomic E-state index is 0.0735. The van der Waals surface area contributed by atoms with Gasteiger partial charge in [0.25, 0.3) is 5.91 Å². The lowest BCUT2D eigenvalue weighted by Crippen LogP contribution is -2.50. The fourth-order valence-electron chi connectivity index (χ4n) is 3.59. The molecule has 33 heavy (non-hydrogen) atoms. The second kappa shape index (κ2) is 11.4. The van der Waals surface area contributed by atoms with Gasteiger partial charge in [-0.2, -0.15) is 4.98 Å². The Balaban J connectivity index is 1.42.